The lowest BCUT2D eigenvalue weighted by Crippen LogP contribution is -2.23. The zero-order chi connectivity index (χ0) is 19.9. The first-order chi connectivity index (χ1) is 13.3. The summed E-state index contributed by atoms with van der Waals surface area (Å²) in [5.74, 6) is 0.520. The van der Waals surface area contributed by atoms with Crippen molar-refractivity contribution in [2.24, 2.45) is 4.40 Å². The van der Waals surface area contributed by atoms with Gasteiger partial charge in [-0.25, -0.2) is 0 Å². The van der Waals surface area contributed by atoms with Gasteiger partial charge in [0.15, 0.2) is 0 Å². The molecule has 0 unspecified atom stereocenters. The first-order valence-corrected chi connectivity index (χ1v) is 10.6. The molecular weight excluding hydrogens is 368 g/mol. The van der Waals surface area contributed by atoms with Gasteiger partial charge in [0.2, 0.25) is 0 Å². The summed E-state index contributed by atoms with van der Waals surface area (Å²) in [6.45, 7) is 6.01. The van der Waals surface area contributed by atoms with E-state index in [4.69, 9.17) is 0 Å². The van der Waals surface area contributed by atoms with Crippen LogP contribution in [0.2, 0.25) is 0 Å². The summed E-state index contributed by atoms with van der Waals surface area (Å²) in [4.78, 5) is 2.17. The lowest BCUT2D eigenvalue weighted by Gasteiger charge is -2.21. The fraction of sp³-hybridized carbons (Fsp3) is 0.174. The van der Waals surface area contributed by atoms with Crippen LogP contribution < -0.4 is 4.90 Å². The minimum atomic E-state index is -3.79. The Morgan fingerprint density at radius 3 is 2.14 bits per heavy atom. The first-order valence-electron chi connectivity index (χ1n) is 9.20. The van der Waals surface area contributed by atoms with Crippen LogP contribution in [0.15, 0.2) is 76.0 Å². The first kappa shape index (κ1) is 18.4. The van der Waals surface area contributed by atoms with Crippen LogP contribution in [0.25, 0.3) is 0 Å². The average Bonchev–Trinajstić information content (AvgIpc) is 2.98. The average molecular weight is 391 g/mol. The van der Waals surface area contributed by atoms with Gasteiger partial charge in [0.25, 0.3) is 10.0 Å². The Morgan fingerprint density at radius 1 is 0.821 bits per heavy atom. The number of hydrogen-bond donors (Lipinski definition) is 0. The van der Waals surface area contributed by atoms with Crippen molar-refractivity contribution in [1.29, 1.82) is 0 Å². The maximum atomic E-state index is 12.9. The number of sulfonamides is 1. The Labute approximate surface area is 166 Å². The number of aryl methyl sites for hydroxylation is 3. The second kappa shape index (κ2) is 6.91. The van der Waals surface area contributed by atoms with Gasteiger partial charge in [0, 0.05) is 12.1 Å². The van der Waals surface area contributed by atoms with Crippen molar-refractivity contribution >= 4 is 27.2 Å². The fourth-order valence-electron chi connectivity index (χ4n) is 3.61. The van der Waals surface area contributed by atoms with Crippen LogP contribution in [0.3, 0.4) is 0 Å². The van der Waals surface area contributed by atoms with Crippen LogP contribution in [0.4, 0.5) is 11.4 Å². The molecule has 1 heterocycles. The molecule has 0 bridgehead atoms. The zero-order valence-electron chi connectivity index (χ0n) is 16.2. The SMILES string of the molecule is Cc1ccc(S(=O)(=O)/N=C2/Cc3ccccc3N2c2cc(C)cc(C)c2)cc1. The van der Waals surface area contributed by atoms with E-state index in [9.17, 15) is 8.42 Å². The molecule has 28 heavy (non-hydrogen) atoms. The van der Waals surface area contributed by atoms with E-state index in [1.165, 1.54) is 0 Å². The van der Waals surface area contributed by atoms with Gasteiger partial charge < -0.3 is 0 Å². The van der Waals surface area contributed by atoms with Gasteiger partial charge in [-0.1, -0.05) is 42.0 Å². The molecule has 0 aliphatic carbocycles. The maximum Gasteiger partial charge on any atom is 0.283 e. The molecule has 142 valence electrons. The summed E-state index contributed by atoms with van der Waals surface area (Å²) in [7, 11) is -3.79. The van der Waals surface area contributed by atoms with Crippen molar-refractivity contribution in [1.82, 2.24) is 0 Å². The van der Waals surface area contributed by atoms with E-state index in [-0.39, 0.29) is 4.90 Å². The minimum Gasteiger partial charge on any atom is -0.297 e. The standard InChI is InChI=1S/C23H22N2O2S/c1-16-8-10-21(11-9-16)28(26,27)24-23-15-19-6-4-5-7-22(19)25(23)20-13-17(2)12-18(3)14-20/h4-14H,15H2,1-3H3/b24-23-. The summed E-state index contributed by atoms with van der Waals surface area (Å²) in [5, 5.41) is 0. The zero-order valence-corrected chi connectivity index (χ0v) is 17.0. The third-order valence-corrected chi connectivity index (χ3v) is 6.17. The van der Waals surface area contributed by atoms with Crippen LogP contribution in [0.5, 0.6) is 0 Å². The molecule has 0 radical (unpaired) electrons. The molecule has 3 aromatic carbocycles. The number of hydrogen-bond acceptors (Lipinski definition) is 2. The second-order valence-electron chi connectivity index (χ2n) is 7.28. The fourth-order valence-corrected chi connectivity index (χ4v) is 4.62. The highest BCUT2D eigenvalue weighted by molar-refractivity contribution is 7.90. The number of nitrogens with zero attached hydrogens (tertiary/aromatic N) is 2. The third-order valence-electron chi connectivity index (χ3n) is 4.85. The number of anilines is 2. The minimum absolute atomic E-state index is 0.210. The molecule has 4 rings (SSSR count). The summed E-state index contributed by atoms with van der Waals surface area (Å²) in [6, 6.07) is 21.0. The van der Waals surface area contributed by atoms with Gasteiger partial charge in [-0.15, -0.1) is 4.40 Å². The number of para-hydroxylation sites is 1. The normalized spacial score (nSPS) is 15.1. The van der Waals surface area contributed by atoms with Crippen molar-refractivity contribution in [3.8, 4) is 0 Å². The van der Waals surface area contributed by atoms with Crippen molar-refractivity contribution in [2.45, 2.75) is 32.1 Å². The van der Waals surface area contributed by atoms with Crippen LogP contribution >= 0.6 is 0 Å². The van der Waals surface area contributed by atoms with Gasteiger partial charge in [-0.3, -0.25) is 4.90 Å². The van der Waals surface area contributed by atoms with Crippen molar-refractivity contribution in [3.63, 3.8) is 0 Å². The highest BCUT2D eigenvalue weighted by atomic mass is 32.2. The molecule has 0 spiro atoms. The molecular formula is C23H22N2O2S. The van der Waals surface area contributed by atoms with E-state index in [0.717, 1.165) is 33.6 Å². The summed E-state index contributed by atoms with van der Waals surface area (Å²) < 4.78 is 30.1. The molecule has 0 amide bonds. The van der Waals surface area contributed by atoms with Gasteiger partial charge >= 0.3 is 0 Å². The molecule has 3 aromatic rings. The molecule has 0 atom stereocenters. The highest BCUT2D eigenvalue weighted by Crippen LogP contribution is 2.37. The van der Waals surface area contributed by atoms with Crippen LogP contribution in [-0.4, -0.2) is 14.3 Å². The highest BCUT2D eigenvalue weighted by Gasteiger charge is 2.29. The summed E-state index contributed by atoms with van der Waals surface area (Å²) in [6.07, 6.45) is 0.480. The van der Waals surface area contributed by atoms with E-state index >= 15 is 0 Å². The van der Waals surface area contributed by atoms with Crippen LogP contribution in [-0.2, 0) is 16.4 Å². The van der Waals surface area contributed by atoms with Crippen LogP contribution in [0.1, 0.15) is 22.3 Å². The van der Waals surface area contributed by atoms with Crippen molar-refractivity contribution in [2.75, 3.05) is 4.90 Å². The van der Waals surface area contributed by atoms with E-state index in [1.54, 1.807) is 24.3 Å². The predicted molar refractivity (Wildman–Crippen MR) is 114 cm³/mol. The molecule has 5 heteroatoms. The van der Waals surface area contributed by atoms with Gasteiger partial charge in [-0.05, 0) is 67.8 Å². The molecule has 0 aromatic heterocycles. The largest absolute Gasteiger partial charge is 0.297 e. The molecule has 0 saturated carbocycles. The van der Waals surface area contributed by atoms with Gasteiger partial charge in [0.1, 0.15) is 5.84 Å². The number of benzene rings is 3. The Bertz CT molecular complexity index is 1160. The van der Waals surface area contributed by atoms with E-state index in [2.05, 4.69) is 22.6 Å². The third kappa shape index (κ3) is 3.45. The number of fused-ring (bicyclic) bond motifs is 1. The van der Waals surface area contributed by atoms with Gasteiger partial charge in [-0.2, -0.15) is 8.42 Å². The molecule has 0 saturated heterocycles. The quantitative estimate of drug-likeness (QED) is 0.626. The Hall–Kier alpha value is -2.92. The van der Waals surface area contributed by atoms with Crippen LogP contribution in [0, 0.1) is 20.8 Å². The lowest BCUT2D eigenvalue weighted by atomic mass is 10.1. The topological polar surface area (TPSA) is 49.7 Å². The number of rotatable bonds is 3. The predicted octanol–water partition coefficient (Wildman–Crippen LogP) is 5.09. The van der Waals surface area contributed by atoms with Crippen molar-refractivity contribution < 1.29 is 8.42 Å². The summed E-state index contributed by atoms with van der Waals surface area (Å²) in [5.41, 5.74) is 6.24. The Kier molecular flexibility index (Phi) is 4.55. The molecule has 0 N–H and O–H groups in total. The van der Waals surface area contributed by atoms with Crippen molar-refractivity contribution in [3.05, 3.63) is 89.0 Å². The van der Waals surface area contributed by atoms with E-state index < -0.39 is 10.0 Å². The Morgan fingerprint density at radius 2 is 1.46 bits per heavy atom. The second-order valence-corrected chi connectivity index (χ2v) is 8.89. The number of amidine groups is 1. The smallest absolute Gasteiger partial charge is 0.283 e. The lowest BCUT2D eigenvalue weighted by molar-refractivity contribution is 0.598. The van der Waals surface area contributed by atoms with E-state index in [1.807, 2.05) is 49.9 Å². The molecule has 4 nitrogen and oxygen atoms in total. The molecule has 1 aliphatic heterocycles. The monoisotopic (exact) mass is 390 g/mol. The Balaban J connectivity index is 1.85. The maximum absolute atomic E-state index is 12.9. The molecule has 1 aliphatic rings. The molecule has 0 fully saturated rings. The summed E-state index contributed by atoms with van der Waals surface area (Å²) >= 11 is 0. The van der Waals surface area contributed by atoms with Gasteiger partial charge in [0.05, 0.1) is 10.6 Å². The van der Waals surface area contributed by atoms with E-state index in [0.29, 0.717) is 12.3 Å².